The molecule has 1 saturated carbocycles. The zero-order valence-electron chi connectivity index (χ0n) is 11.3. The lowest BCUT2D eigenvalue weighted by Gasteiger charge is -2.14. The highest BCUT2D eigenvalue weighted by atomic mass is 35.5. The van der Waals surface area contributed by atoms with E-state index in [0.29, 0.717) is 12.5 Å². The second-order valence-electron chi connectivity index (χ2n) is 5.14. The standard InChI is InChI=1S/C14H17F3N2O.ClH/c15-14(16,17)11-4-2-1-3-10(11)7-13(20)19-8-12(18)9-5-6-9;/h1-4,9,12H,5-8,18H2,(H,19,20);1H. The molecule has 1 amide bonds. The lowest BCUT2D eigenvalue weighted by atomic mass is 10.0. The molecule has 0 aliphatic heterocycles. The van der Waals surface area contributed by atoms with Crippen LogP contribution in [0.25, 0.3) is 0 Å². The van der Waals surface area contributed by atoms with Crippen molar-refractivity contribution in [1.82, 2.24) is 5.32 Å². The van der Waals surface area contributed by atoms with Crippen molar-refractivity contribution < 1.29 is 18.0 Å². The molecule has 7 heteroatoms. The third-order valence-electron chi connectivity index (χ3n) is 3.44. The molecule has 3 nitrogen and oxygen atoms in total. The molecule has 0 heterocycles. The van der Waals surface area contributed by atoms with E-state index in [4.69, 9.17) is 5.73 Å². The van der Waals surface area contributed by atoms with Crippen molar-refractivity contribution in [3.8, 4) is 0 Å². The first-order chi connectivity index (χ1) is 9.38. The van der Waals surface area contributed by atoms with E-state index in [-0.39, 0.29) is 30.4 Å². The molecule has 21 heavy (non-hydrogen) atoms. The van der Waals surface area contributed by atoms with Crippen molar-refractivity contribution in [2.45, 2.75) is 31.5 Å². The van der Waals surface area contributed by atoms with Crippen LogP contribution in [-0.4, -0.2) is 18.5 Å². The third-order valence-corrected chi connectivity index (χ3v) is 3.44. The molecule has 0 saturated heterocycles. The predicted molar refractivity (Wildman–Crippen MR) is 76.1 cm³/mol. The highest BCUT2D eigenvalue weighted by molar-refractivity contribution is 5.85. The fraction of sp³-hybridized carbons (Fsp3) is 0.500. The van der Waals surface area contributed by atoms with Crippen LogP contribution in [0, 0.1) is 5.92 Å². The molecule has 1 fully saturated rings. The van der Waals surface area contributed by atoms with E-state index < -0.39 is 17.6 Å². The Balaban J connectivity index is 0.00000220. The summed E-state index contributed by atoms with van der Waals surface area (Å²) in [6.45, 7) is 0.317. The van der Waals surface area contributed by atoms with Gasteiger partial charge in [-0.15, -0.1) is 12.4 Å². The number of halogens is 4. The lowest BCUT2D eigenvalue weighted by molar-refractivity contribution is -0.138. The summed E-state index contributed by atoms with van der Waals surface area (Å²) in [5, 5.41) is 2.60. The fourth-order valence-electron chi connectivity index (χ4n) is 2.11. The van der Waals surface area contributed by atoms with Gasteiger partial charge in [-0.3, -0.25) is 4.79 Å². The van der Waals surface area contributed by atoms with Crippen LogP contribution in [0.2, 0.25) is 0 Å². The summed E-state index contributed by atoms with van der Waals surface area (Å²) in [5.74, 6) is 0.00978. The van der Waals surface area contributed by atoms with Crippen LogP contribution in [-0.2, 0) is 17.4 Å². The minimum atomic E-state index is -4.44. The number of hydrogen-bond donors (Lipinski definition) is 2. The predicted octanol–water partition coefficient (Wildman–Crippen LogP) is 2.52. The number of nitrogens with one attached hydrogen (secondary N) is 1. The molecule has 1 unspecified atom stereocenters. The van der Waals surface area contributed by atoms with E-state index >= 15 is 0 Å². The molecule has 0 bridgehead atoms. The van der Waals surface area contributed by atoms with E-state index in [0.717, 1.165) is 18.9 Å². The molecule has 0 spiro atoms. The Hall–Kier alpha value is -1.27. The van der Waals surface area contributed by atoms with Gasteiger partial charge < -0.3 is 11.1 Å². The minimum Gasteiger partial charge on any atom is -0.354 e. The summed E-state index contributed by atoms with van der Waals surface area (Å²) >= 11 is 0. The van der Waals surface area contributed by atoms with Crippen molar-refractivity contribution >= 4 is 18.3 Å². The first kappa shape index (κ1) is 17.8. The van der Waals surface area contributed by atoms with Crippen LogP contribution in [0.5, 0.6) is 0 Å². The maximum Gasteiger partial charge on any atom is 0.416 e. The number of benzene rings is 1. The number of nitrogens with two attached hydrogens (primary N) is 1. The van der Waals surface area contributed by atoms with Crippen LogP contribution in [0.1, 0.15) is 24.0 Å². The number of amides is 1. The zero-order valence-corrected chi connectivity index (χ0v) is 12.1. The normalized spacial score (nSPS) is 16.0. The molecule has 1 aliphatic rings. The summed E-state index contributed by atoms with van der Waals surface area (Å²) < 4.78 is 38.3. The van der Waals surface area contributed by atoms with E-state index in [1.54, 1.807) is 0 Å². The Kier molecular flexibility index (Phi) is 6.04. The number of alkyl halides is 3. The highest BCUT2D eigenvalue weighted by Gasteiger charge is 2.33. The van der Waals surface area contributed by atoms with E-state index in [2.05, 4.69) is 5.32 Å². The Bertz CT molecular complexity index is 489. The van der Waals surface area contributed by atoms with Crippen molar-refractivity contribution in [1.29, 1.82) is 0 Å². The van der Waals surface area contributed by atoms with E-state index in [9.17, 15) is 18.0 Å². The smallest absolute Gasteiger partial charge is 0.354 e. The zero-order chi connectivity index (χ0) is 14.8. The van der Waals surface area contributed by atoms with Gasteiger partial charge in [0.25, 0.3) is 0 Å². The summed E-state index contributed by atoms with van der Waals surface area (Å²) in [4.78, 5) is 11.7. The molecule has 118 valence electrons. The van der Waals surface area contributed by atoms with Crippen LogP contribution >= 0.6 is 12.4 Å². The molecular weight excluding hydrogens is 305 g/mol. The van der Waals surface area contributed by atoms with Crippen LogP contribution in [0.3, 0.4) is 0 Å². The van der Waals surface area contributed by atoms with Gasteiger partial charge in [-0.25, -0.2) is 0 Å². The molecule has 2 rings (SSSR count). The highest BCUT2D eigenvalue weighted by Crippen LogP contribution is 2.32. The third kappa shape index (κ3) is 5.21. The maximum absolute atomic E-state index is 12.8. The van der Waals surface area contributed by atoms with Crippen molar-refractivity contribution in [3.05, 3.63) is 35.4 Å². The summed E-state index contributed by atoms with van der Waals surface area (Å²) in [6, 6.07) is 5.01. The SMILES string of the molecule is Cl.NC(CNC(=O)Cc1ccccc1C(F)(F)F)C1CC1. The van der Waals surface area contributed by atoms with Crippen LogP contribution in [0.15, 0.2) is 24.3 Å². The maximum atomic E-state index is 12.8. The van der Waals surface area contributed by atoms with Crippen molar-refractivity contribution in [3.63, 3.8) is 0 Å². The van der Waals surface area contributed by atoms with Gasteiger partial charge in [-0.1, -0.05) is 18.2 Å². The van der Waals surface area contributed by atoms with Crippen molar-refractivity contribution in [2.75, 3.05) is 6.54 Å². The summed E-state index contributed by atoms with van der Waals surface area (Å²) in [6.07, 6.45) is -2.60. The molecule has 1 aromatic carbocycles. The first-order valence-corrected chi connectivity index (χ1v) is 6.55. The molecule has 1 aliphatic carbocycles. The Morgan fingerprint density at radius 3 is 2.52 bits per heavy atom. The average Bonchev–Trinajstić information content (AvgIpc) is 3.19. The van der Waals surface area contributed by atoms with Crippen LogP contribution < -0.4 is 11.1 Å². The van der Waals surface area contributed by atoms with Crippen LogP contribution in [0.4, 0.5) is 13.2 Å². The molecule has 3 N–H and O–H groups in total. The molecule has 1 atom stereocenters. The average molecular weight is 323 g/mol. The van der Waals surface area contributed by atoms with Gasteiger partial charge in [0.1, 0.15) is 0 Å². The molecular formula is C14H18ClF3N2O. The Labute approximate surface area is 127 Å². The van der Waals surface area contributed by atoms with Gasteiger partial charge in [-0.05, 0) is 30.4 Å². The first-order valence-electron chi connectivity index (χ1n) is 6.55. The number of carbonyl (C=O) groups is 1. The van der Waals surface area contributed by atoms with Gasteiger partial charge in [0.05, 0.1) is 12.0 Å². The van der Waals surface area contributed by atoms with Crippen molar-refractivity contribution in [2.24, 2.45) is 11.7 Å². The second kappa shape index (κ2) is 7.13. The number of carbonyl (C=O) groups excluding carboxylic acids is 1. The van der Waals surface area contributed by atoms with E-state index in [1.165, 1.54) is 18.2 Å². The van der Waals surface area contributed by atoms with Gasteiger partial charge in [-0.2, -0.15) is 13.2 Å². The Morgan fingerprint density at radius 1 is 1.33 bits per heavy atom. The quantitative estimate of drug-likeness (QED) is 0.875. The minimum absolute atomic E-state index is 0. The molecule has 1 aromatic rings. The molecule has 0 aromatic heterocycles. The number of hydrogen-bond acceptors (Lipinski definition) is 2. The van der Waals surface area contributed by atoms with Gasteiger partial charge in [0.2, 0.25) is 5.91 Å². The second-order valence-corrected chi connectivity index (χ2v) is 5.14. The van der Waals surface area contributed by atoms with Gasteiger partial charge >= 0.3 is 6.18 Å². The Morgan fingerprint density at radius 2 is 1.95 bits per heavy atom. The topological polar surface area (TPSA) is 55.1 Å². The number of rotatable bonds is 5. The lowest BCUT2D eigenvalue weighted by Crippen LogP contribution is -2.39. The van der Waals surface area contributed by atoms with Gasteiger partial charge in [0, 0.05) is 12.6 Å². The molecule has 0 radical (unpaired) electrons. The monoisotopic (exact) mass is 322 g/mol. The van der Waals surface area contributed by atoms with Gasteiger partial charge in [0.15, 0.2) is 0 Å². The summed E-state index contributed by atoms with van der Waals surface area (Å²) in [7, 11) is 0. The van der Waals surface area contributed by atoms with E-state index in [1.807, 2.05) is 0 Å². The largest absolute Gasteiger partial charge is 0.416 e. The fourth-order valence-corrected chi connectivity index (χ4v) is 2.11. The summed E-state index contributed by atoms with van der Waals surface area (Å²) in [5.41, 5.74) is 5.05.